The SMILES string of the molecule is CN(Cc1cccc(F)c1)C(C(=O)O)c1ccccc1. The lowest BCUT2D eigenvalue weighted by molar-refractivity contribution is -0.143. The summed E-state index contributed by atoms with van der Waals surface area (Å²) in [7, 11) is 1.72. The molecule has 0 aromatic heterocycles. The zero-order valence-corrected chi connectivity index (χ0v) is 11.2. The topological polar surface area (TPSA) is 40.5 Å². The molecular weight excluding hydrogens is 257 g/mol. The van der Waals surface area contributed by atoms with Crippen LogP contribution in [0.15, 0.2) is 54.6 Å². The van der Waals surface area contributed by atoms with E-state index in [1.54, 1.807) is 48.3 Å². The minimum atomic E-state index is -0.921. The molecule has 0 bridgehead atoms. The van der Waals surface area contributed by atoms with E-state index in [1.807, 2.05) is 6.07 Å². The van der Waals surface area contributed by atoms with Gasteiger partial charge in [0.1, 0.15) is 11.9 Å². The second kappa shape index (κ2) is 6.30. The van der Waals surface area contributed by atoms with Crippen molar-refractivity contribution >= 4 is 5.97 Å². The summed E-state index contributed by atoms with van der Waals surface area (Å²) in [5.74, 6) is -1.24. The maximum absolute atomic E-state index is 13.2. The van der Waals surface area contributed by atoms with Crippen LogP contribution in [0.3, 0.4) is 0 Å². The van der Waals surface area contributed by atoms with Crippen LogP contribution in [0.2, 0.25) is 0 Å². The second-order valence-corrected chi connectivity index (χ2v) is 4.70. The Morgan fingerprint density at radius 3 is 2.50 bits per heavy atom. The van der Waals surface area contributed by atoms with Gasteiger partial charge in [0.25, 0.3) is 0 Å². The van der Waals surface area contributed by atoms with Crippen LogP contribution in [0.4, 0.5) is 4.39 Å². The van der Waals surface area contributed by atoms with Crippen molar-refractivity contribution in [1.82, 2.24) is 4.90 Å². The third kappa shape index (κ3) is 3.42. The molecule has 0 aliphatic rings. The molecule has 0 amide bonds. The zero-order valence-electron chi connectivity index (χ0n) is 11.2. The largest absolute Gasteiger partial charge is 0.480 e. The van der Waals surface area contributed by atoms with Crippen LogP contribution in [-0.4, -0.2) is 23.0 Å². The van der Waals surface area contributed by atoms with E-state index >= 15 is 0 Å². The van der Waals surface area contributed by atoms with E-state index in [-0.39, 0.29) is 5.82 Å². The van der Waals surface area contributed by atoms with Gasteiger partial charge in [-0.2, -0.15) is 0 Å². The van der Waals surface area contributed by atoms with E-state index in [2.05, 4.69) is 0 Å². The van der Waals surface area contributed by atoms with Gasteiger partial charge in [0.05, 0.1) is 0 Å². The molecule has 2 rings (SSSR count). The molecular formula is C16H16FNO2. The molecule has 0 saturated carbocycles. The van der Waals surface area contributed by atoms with Crippen molar-refractivity contribution in [1.29, 1.82) is 0 Å². The summed E-state index contributed by atoms with van der Waals surface area (Å²) >= 11 is 0. The molecule has 3 nitrogen and oxygen atoms in total. The molecule has 0 heterocycles. The molecule has 2 aromatic carbocycles. The van der Waals surface area contributed by atoms with Gasteiger partial charge in [-0.3, -0.25) is 9.69 Å². The van der Waals surface area contributed by atoms with Crippen molar-refractivity contribution in [3.05, 3.63) is 71.5 Å². The lowest BCUT2D eigenvalue weighted by Crippen LogP contribution is -2.30. The Bertz CT molecular complexity index is 586. The molecule has 4 heteroatoms. The number of carboxylic acid groups (broad SMARTS) is 1. The fraction of sp³-hybridized carbons (Fsp3) is 0.188. The van der Waals surface area contributed by atoms with E-state index in [4.69, 9.17) is 0 Å². The van der Waals surface area contributed by atoms with Gasteiger partial charge in [0, 0.05) is 6.54 Å². The highest BCUT2D eigenvalue weighted by molar-refractivity contribution is 5.75. The summed E-state index contributed by atoms with van der Waals surface area (Å²) in [4.78, 5) is 13.2. The number of aliphatic carboxylic acids is 1. The van der Waals surface area contributed by atoms with E-state index in [1.165, 1.54) is 12.1 Å². The molecule has 0 fully saturated rings. The molecule has 0 radical (unpaired) electrons. The molecule has 1 N–H and O–H groups in total. The average Bonchev–Trinajstić information content (AvgIpc) is 2.39. The third-order valence-electron chi connectivity index (χ3n) is 3.11. The minimum absolute atomic E-state index is 0.317. The fourth-order valence-electron chi connectivity index (χ4n) is 2.24. The van der Waals surface area contributed by atoms with Gasteiger partial charge >= 0.3 is 5.97 Å². The molecule has 2 aromatic rings. The maximum Gasteiger partial charge on any atom is 0.325 e. The van der Waals surface area contributed by atoms with Gasteiger partial charge < -0.3 is 5.11 Å². The first-order chi connectivity index (χ1) is 9.58. The number of halogens is 1. The van der Waals surface area contributed by atoms with Gasteiger partial charge in [0.15, 0.2) is 0 Å². The Morgan fingerprint density at radius 2 is 1.90 bits per heavy atom. The highest BCUT2D eigenvalue weighted by atomic mass is 19.1. The first-order valence-corrected chi connectivity index (χ1v) is 6.30. The summed E-state index contributed by atoms with van der Waals surface area (Å²) in [6.07, 6.45) is 0. The molecule has 1 atom stereocenters. The van der Waals surface area contributed by atoms with E-state index < -0.39 is 12.0 Å². The van der Waals surface area contributed by atoms with Crippen molar-refractivity contribution in [3.8, 4) is 0 Å². The number of rotatable bonds is 5. The highest BCUT2D eigenvalue weighted by Crippen LogP contribution is 2.21. The van der Waals surface area contributed by atoms with Crippen LogP contribution in [0.25, 0.3) is 0 Å². The minimum Gasteiger partial charge on any atom is -0.480 e. The zero-order chi connectivity index (χ0) is 14.5. The molecule has 0 spiro atoms. The summed E-state index contributed by atoms with van der Waals surface area (Å²) in [5, 5.41) is 9.41. The fourth-order valence-corrected chi connectivity index (χ4v) is 2.24. The summed E-state index contributed by atoms with van der Waals surface area (Å²) in [6, 6.07) is 14.5. The molecule has 0 aliphatic carbocycles. The van der Waals surface area contributed by atoms with Gasteiger partial charge in [-0.25, -0.2) is 4.39 Å². The lowest BCUT2D eigenvalue weighted by Gasteiger charge is -2.25. The van der Waals surface area contributed by atoms with E-state index in [9.17, 15) is 14.3 Å². The first-order valence-electron chi connectivity index (χ1n) is 6.30. The third-order valence-corrected chi connectivity index (χ3v) is 3.11. The number of hydrogen-bond acceptors (Lipinski definition) is 2. The van der Waals surface area contributed by atoms with Crippen molar-refractivity contribution < 1.29 is 14.3 Å². The summed E-state index contributed by atoms with van der Waals surface area (Å²) in [5.41, 5.74) is 1.45. The van der Waals surface area contributed by atoms with Crippen LogP contribution in [0.1, 0.15) is 17.2 Å². The predicted molar refractivity (Wildman–Crippen MR) is 74.7 cm³/mol. The maximum atomic E-state index is 13.2. The molecule has 0 aliphatic heterocycles. The predicted octanol–water partition coefficient (Wildman–Crippen LogP) is 3.08. The normalized spacial score (nSPS) is 12.3. The van der Waals surface area contributed by atoms with Gasteiger partial charge in [0.2, 0.25) is 0 Å². The van der Waals surface area contributed by atoms with Crippen LogP contribution in [0.5, 0.6) is 0 Å². The summed E-state index contributed by atoms with van der Waals surface area (Å²) in [6.45, 7) is 0.365. The number of benzene rings is 2. The van der Waals surface area contributed by atoms with Crippen molar-refractivity contribution in [2.45, 2.75) is 12.6 Å². The number of hydrogen-bond donors (Lipinski definition) is 1. The molecule has 104 valence electrons. The van der Waals surface area contributed by atoms with Crippen LogP contribution >= 0.6 is 0 Å². The molecule has 0 saturated heterocycles. The number of likely N-dealkylation sites (N-methyl/N-ethyl adjacent to an activating group) is 1. The van der Waals surface area contributed by atoms with Crippen molar-refractivity contribution in [2.24, 2.45) is 0 Å². The van der Waals surface area contributed by atoms with E-state index in [0.29, 0.717) is 12.1 Å². The highest BCUT2D eigenvalue weighted by Gasteiger charge is 2.24. The average molecular weight is 273 g/mol. The quantitative estimate of drug-likeness (QED) is 0.910. The van der Waals surface area contributed by atoms with Gasteiger partial charge in [-0.15, -0.1) is 0 Å². The summed E-state index contributed by atoms with van der Waals surface area (Å²) < 4.78 is 13.2. The van der Waals surface area contributed by atoms with Gasteiger partial charge in [-0.05, 0) is 30.3 Å². The molecule has 20 heavy (non-hydrogen) atoms. The number of carbonyl (C=O) groups is 1. The Morgan fingerprint density at radius 1 is 1.20 bits per heavy atom. The van der Waals surface area contributed by atoms with Gasteiger partial charge in [-0.1, -0.05) is 42.5 Å². The number of carboxylic acids is 1. The Kier molecular flexibility index (Phi) is 4.48. The monoisotopic (exact) mass is 273 g/mol. The Hall–Kier alpha value is -2.20. The second-order valence-electron chi connectivity index (χ2n) is 4.70. The van der Waals surface area contributed by atoms with E-state index in [0.717, 1.165) is 5.56 Å². The Labute approximate surface area is 117 Å². The van der Waals surface area contributed by atoms with Crippen molar-refractivity contribution in [2.75, 3.05) is 7.05 Å². The van der Waals surface area contributed by atoms with Crippen LogP contribution < -0.4 is 0 Å². The Balaban J connectivity index is 2.20. The number of nitrogens with zero attached hydrogens (tertiary/aromatic N) is 1. The van der Waals surface area contributed by atoms with Crippen LogP contribution in [0, 0.1) is 5.82 Å². The molecule has 1 unspecified atom stereocenters. The lowest BCUT2D eigenvalue weighted by atomic mass is 10.1. The first kappa shape index (κ1) is 14.2. The smallest absolute Gasteiger partial charge is 0.325 e. The standard InChI is InChI=1S/C16H16FNO2/c1-18(11-12-6-5-9-14(17)10-12)15(16(19)20)13-7-3-2-4-8-13/h2-10,15H,11H2,1H3,(H,19,20). The van der Waals surface area contributed by atoms with Crippen molar-refractivity contribution in [3.63, 3.8) is 0 Å². The van der Waals surface area contributed by atoms with Crippen LogP contribution in [-0.2, 0) is 11.3 Å².